The van der Waals surface area contributed by atoms with Crippen LogP contribution in [0.3, 0.4) is 0 Å². The summed E-state index contributed by atoms with van der Waals surface area (Å²) in [6, 6.07) is 0. The zero-order valence-electron chi connectivity index (χ0n) is 13.5. The number of hydrogen-bond donors (Lipinski definition) is 0. The van der Waals surface area contributed by atoms with Gasteiger partial charge in [-0.25, -0.2) is 4.89 Å². The van der Waals surface area contributed by atoms with E-state index in [1.54, 1.807) is 5.41 Å². The summed E-state index contributed by atoms with van der Waals surface area (Å²) in [5.74, 6) is 0. The quantitative estimate of drug-likeness (QED) is 0.133. The van der Waals surface area contributed by atoms with E-state index in [-0.39, 0.29) is 0 Å². The summed E-state index contributed by atoms with van der Waals surface area (Å²) < 4.78 is 15.0. The van der Waals surface area contributed by atoms with Gasteiger partial charge in [0, 0.05) is 6.61 Å². The van der Waals surface area contributed by atoms with Gasteiger partial charge in [-0.1, -0.05) is 24.8 Å². The lowest BCUT2D eigenvalue weighted by molar-refractivity contribution is -0.199. The zero-order valence-corrected chi connectivity index (χ0v) is 14.4. The van der Waals surface area contributed by atoms with Crippen LogP contribution in [-0.2, 0) is 18.7 Å². The molecule has 0 N–H and O–H groups in total. The van der Waals surface area contributed by atoms with Gasteiger partial charge in [-0.2, -0.15) is 4.33 Å². The van der Waals surface area contributed by atoms with Gasteiger partial charge in [0.25, 0.3) is 0 Å². The van der Waals surface area contributed by atoms with Crippen molar-refractivity contribution in [3.05, 3.63) is 50.0 Å². The Kier molecular flexibility index (Phi) is 26.7. The number of ether oxygens (including phenoxy) is 2. The average Bonchev–Trinajstić information content (AvgIpc) is 2.54. The second-order valence-corrected chi connectivity index (χ2v) is 4.63. The molecule has 0 rings (SSSR count). The summed E-state index contributed by atoms with van der Waals surface area (Å²) in [4.78, 5) is 4.73. The van der Waals surface area contributed by atoms with E-state index in [0.717, 1.165) is 57.5 Å². The van der Waals surface area contributed by atoms with Gasteiger partial charge >= 0.3 is 0 Å². The number of hydrogen-bond acceptors (Lipinski definition) is 5. The third-order valence-electron chi connectivity index (χ3n) is 2.10. The number of rotatable bonds is 16. The first-order valence-electron chi connectivity index (χ1n) is 7.37. The second kappa shape index (κ2) is 25.1. The van der Waals surface area contributed by atoms with Crippen LogP contribution in [0.2, 0.25) is 0 Å². The van der Waals surface area contributed by atoms with Crippen LogP contribution in [0, 0.1) is 0 Å². The molecule has 0 amide bonds. The first-order chi connectivity index (χ1) is 10.8. The fourth-order valence-corrected chi connectivity index (χ4v) is 1.23. The monoisotopic (exact) mass is 330 g/mol. The Morgan fingerprint density at radius 2 is 1.27 bits per heavy atom. The molecule has 0 aromatic carbocycles. The molecule has 0 aromatic heterocycles. The topological polar surface area (TPSA) is 36.9 Å². The minimum absolute atomic E-state index is 0.439. The Bertz CT molecular complexity index is 233. The molecule has 0 atom stereocenters. The summed E-state index contributed by atoms with van der Waals surface area (Å²) in [5, 5.41) is 1.55. The number of unbranched alkanes of at least 4 members (excludes halogenated alkanes) is 1. The predicted octanol–water partition coefficient (Wildman–Crippen LogP) is 4.86. The van der Waals surface area contributed by atoms with Crippen LogP contribution in [0.4, 0.5) is 0 Å². The fraction of sp³-hybridized carbons (Fsp3) is 0.529. The van der Waals surface area contributed by atoms with Crippen LogP contribution in [0.1, 0.15) is 25.7 Å². The van der Waals surface area contributed by atoms with Crippen molar-refractivity contribution in [1.29, 1.82) is 0 Å². The van der Waals surface area contributed by atoms with Crippen LogP contribution in [0.25, 0.3) is 0 Å². The Morgan fingerprint density at radius 1 is 0.682 bits per heavy atom. The van der Waals surface area contributed by atoms with Crippen molar-refractivity contribution in [2.24, 2.45) is 0 Å². The molecule has 22 heavy (non-hydrogen) atoms. The van der Waals surface area contributed by atoms with E-state index in [1.165, 1.54) is 0 Å². The van der Waals surface area contributed by atoms with Crippen molar-refractivity contribution >= 4 is 12.0 Å². The molecule has 4 nitrogen and oxygen atoms in total. The largest absolute Gasteiger partial charge is 0.381 e. The third kappa shape index (κ3) is 27.5. The fourth-order valence-electron chi connectivity index (χ4n) is 1.05. The van der Waals surface area contributed by atoms with Crippen molar-refractivity contribution in [3.8, 4) is 0 Å². The highest BCUT2D eigenvalue weighted by Gasteiger charge is 1.89. The van der Waals surface area contributed by atoms with Crippen molar-refractivity contribution in [3.63, 3.8) is 0 Å². The van der Waals surface area contributed by atoms with Crippen LogP contribution < -0.4 is 0 Å². The van der Waals surface area contributed by atoms with E-state index >= 15 is 0 Å². The molecule has 0 fully saturated rings. The summed E-state index contributed by atoms with van der Waals surface area (Å²) in [6.45, 7) is 17.5. The standard InChI is InChI=1S/C9H16O3S.C8H14O/c1-3-5-6-7-10-8-9-11-12-13-4-2;1-3-5-7-9-8-6-4-2/h3-4H,1-2,5-9H2;3-4H,1-2,5-8H2. The van der Waals surface area contributed by atoms with Crippen molar-refractivity contribution in [2.75, 3.05) is 33.0 Å². The van der Waals surface area contributed by atoms with Gasteiger partial charge in [0.1, 0.15) is 6.61 Å². The molecular weight excluding hydrogens is 300 g/mol. The highest BCUT2D eigenvalue weighted by atomic mass is 32.2. The molecule has 5 heteroatoms. The van der Waals surface area contributed by atoms with E-state index < -0.39 is 0 Å². The highest BCUT2D eigenvalue weighted by molar-refractivity contribution is 7.97. The maximum Gasteiger partial charge on any atom is 0.107 e. The molecule has 0 bridgehead atoms. The maximum atomic E-state index is 5.23. The van der Waals surface area contributed by atoms with Gasteiger partial charge in [-0.3, -0.25) is 0 Å². The lowest BCUT2D eigenvalue weighted by atomic mass is 10.3. The van der Waals surface area contributed by atoms with E-state index in [4.69, 9.17) is 14.4 Å². The summed E-state index contributed by atoms with van der Waals surface area (Å²) in [5.41, 5.74) is 0. The van der Waals surface area contributed by atoms with Gasteiger partial charge < -0.3 is 9.47 Å². The molecule has 0 unspecified atom stereocenters. The van der Waals surface area contributed by atoms with E-state index in [2.05, 4.69) is 30.6 Å². The second-order valence-electron chi connectivity index (χ2n) is 3.96. The Morgan fingerprint density at radius 3 is 1.82 bits per heavy atom. The zero-order chi connectivity index (χ0) is 16.7. The Hall–Kier alpha value is -0.850. The van der Waals surface area contributed by atoms with Gasteiger partial charge in [-0.15, -0.1) is 19.7 Å². The number of allylic oxidation sites excluding steroid dienone is 1. The van der Waals surface area contributed by atoms with Crippen molar-refractivity contribution in [2.45, 2.75) is 25.7 Å². The lowest BCUT2D eigenvalue weighted by Crippen LogP contribution is -2.03. The summed E-state index contributed by atoms with van der Waals surface area (Å²) in [7, 11) is 0. The molecule has 0 aliphatic rings. The molecule has 0 radical (unpaired) electrons. The molecule has 0 spiro atoms. The summed E-state index contributed by atoms with van der Waals surface area (Å²) >= 11 is 1.05. The lowest BCUT2D eigenvalue weighted by Gasteiger charge is -2.02. The molecule has 0 saturated carbocycles. The van der Waals surface area contributed by atoms with E-state index in [1.807, 2.05) is 18.2 Å². The molecule has 128 valence electrons. The molecule has 0 aromatic rings. The van der Waals surface area contributed by atoms with Crippen LogP contribution in [0.5, 0.6) is 0 Å². The van der Waals surface area contributed by atoms with Gasteiger partial charge in [0.15, 0.2) is 0 Å². The third-order valence-corrected chi connectivity index (χ3v) is 2.41. The van der Waals surface area contributed by atoms with Gasteiger partial charge in [-0.05, 0) is 31.1 Å². The molecular formula is C17H30O4S. The maximum absolute atomic E-state index is 5.23. The molecule has 0 aliphatic carbocycles. The van der Waals surface area contributed by atoms with Crippen molar-refractivity contribution in [1.82, 2.24) is 0 Å². The SMILES string of the molecule is C=CCCCOCCOOSC=C.C=CCCOCCC=C. The van der Waals surface area contributed by atoms with Crippen LogP contribution >= 0.6 is 12.0 Å². The van der Waals surface area contributed by atoms with Crippen molar-refractivity contribution < 1.29 is 18.7 Å². The first kappa shape index (κ1) is 23.4. The smallest absolute Gasteiger partial charge is 0.107 e. The normalized spacial score (nSPS) is 9.45. The molecule has 0 aliphatic heterocycles. The van der Waals surface area contributed by atoms with Crippen LogP contribution in [-0.4, -0.2) is 33.0 Å². The predicted molar refractivity (Wildman–Crippen MR) is 95.5 cm³/mol. The highest BCUT2D eigenvalue weighted by Crippen LogP contribution is 2.01. The molecule has 0 saturated heterocycles. The van der Waals surface area contributed by atoms with Gasteiger partial charge in [0.2, 0.25) is 0 Å². The minimum atomic E-state index is 0.439. The minimum Gasteiger partial charge on any atom is -0.381 e. The van der Waals surface area contributed by atoms with E-state index in [0.29, 0.717) is 13.2 Å². The Labute approximate surface area is 140 Å². The van der Waals surface area contributed by atoms with Crippen LogP contribution in [0.15, 0.2) is 50.0 Å². The van der Waals surface area contributed by atoms with Gasteiger partial charge in [0.05, 0.1) is 31.9 Å². The summed E-state index contributed by atoms with van der Waals surface area (Å²) in [6.07, 6.45) is 9.47. The molecule has 0 heterocycles. The Balaban J connectivity index is 0. The average molecular weight is 330 g/mol. The van der Waals surface area contributed by atoms with E-state index in [9.17, 15) is 0 Å². The first-order valence-corrected chi connectivity index (χ1v) is 8.17.